The molecule has 1 N–H and O–H groups in total. The topological polar surface area (TPSA) is 55.1 Å². The highest BCUT2D eigenvalue weighted by molar-refractivity contribution is 5.91. The summed E-state index contributed by atoms with van der Waals surface area (Å²) in [6.45, 7) is 0. The van der Waals surface area contributed by atoms with Crippen LogP contribution in [0.2, 0.25) is 0 Å². The number of nitrogens with zero attached hydrogens (tertiary/aromatic N) is 2. The second-order valence-corrected chi connectivity index (χ2v) is 4.77. The Balaban J connectivity index is 2.27. The number of hydrogen-bond acceptors (Lipinski definition) is 2. The Morgan fingerprint density at radius 3 is 2.88 bits per heavy atom. The Morgan fingerprint density at radius 1 is 1.53 bits per heavy atom. The van der Waals surface area contributed by atoms with Crippen LogP contribution in [0, 0.1) is 0 Å². The Kier molecular flexibility index (Phi) is 2.02. The molecule has 0 saturated heterocycles. The normalized spacial score (nSPS) is 17.9. The summed E-state index contributed by atoms with van der Waals surface area (Å²) < 4.78 is 1.91. The fraction of sp³-hybridized carbons (Fsp3) is 0.385. The van der Waals surface area contributed by atoms with E-state index < -0.39 is 11.4 Å². The van der Waals surface area contributed by atoms with Crippen LogP contribution in [0.1, 0.15) is 24.8 Å². The molecule has 2 aromatic rings. The smallest absolute Gasteiger partial charge is 0.314 e. The summed E-state index contributed by atoms with van der Waals surface area (Å²) >= 11 is 0. The Labute approximate surface area is 98.9 Å². The molecule has 0 aliphatic heterocycles. The van der Waals surface area contributed by atoms with Crippen LogP contribution in [0.25, 0.3) is 11.0 Å². The highest BCUT2D eigenvalue weighted by atomic mass is 16.4. The monoisotopic (exact) mass is 230 g/mol. The van der Waals surface area contributed by atoms with E-state index in [1.54, 1.807) is 6.20 Å². The van der Waals surface area contributed by atoms with Gasteiger partial charge in [0.1, 0.15) is 5.65 Å². The Hall–Kier alpha value is -1.84. The molecule has 0 radical (unpaired) electrons. The second-order valence-electron chi connectivity index (χ2n) is 4.77. The van der Waals surface area contributed by atoms with Crippen LogP contribution in [0.3, 0.4) is 0 Å². The van der Waals surface area contributed by atoms with Gasteiger partial charge in [0.05, 0.1) is 5.41 Å². The van der Waals surface area contributed by atoms with Crippen molar-refractivity contribution >= 4 is 17.0 Å². The molecule has 4 nitrogen and oxygen atoms in total. The van der Waals surface area contributed by atoms with Crippen molar-refractivity contribution < 1.29 is 9.90 Å². The molecular weight excluding hydrogens is 216 g/mol. The Bertz CT molecular complexity index is 596. The molecule has 1 saturated carbocycles. The molecule has 3 rings (SSSR count). The average molecular weight is 230 g/mol. The highest BCUT2D eigenvalue weighted by Crippen LogP contribution is 2.46. The molecule has 0 aromatic carbocycles. The third-order valence-corrected chi connectivity index (χ3v) is 3.87. The molecule has 4 heteroatoms. The maximum atomic E-state index is 11.5. The van der Waals surface area contributed by atoms with Crippen LogP contribution < -0.4 is 0 Å². The van der Waals surface area contributed by atoms with Gasteiger partial charge in [0, 0.05) is 24.8 Å². The van der Waals surface area contributed by atoms with Gasteiger partial charge in [-0.3, -0.25) is 4.79 Å². The summed E-state index contributed by atoms with van der Waals surface area (Å²) in [4.78, 5) is 15.8. The number of aliphatic carboxylic acids is 1. The van der Waals surface area contributed by atoms with Gasteiger partial charge in [0.2, 0.25) is 0 Å². The predicted octanol–water partition coefficient (Wildman–Crippen LogP) is 2.08. The van der Waals surface area contributed by atoms with Gasteiger partial charge in [-0.2, -0.15) is 0 Å². The first-order chi connectivity index (χ1) is 8.15. The van der Waals surface area contributed by atoms with Gasteiger partial charge in [-0.15, -0.1) is 0 Å². The van der Waals surface area contributed by atoms with E-state index in [1.165, 1.54) is 0 Å². The molecule has 2 aromatic heterocycles. The van der Waals surface area contributed by atoms with Gasteiger partial charge in [0.25, 0.3) is 0 Å². The molecule has 17 heavy (non-hydrogen) atoms. The minimum Gasteiger partial charge on any atom is -0.481 e. The van der Waals surface area contributed by atoms with Crippen LogP contribution in [0.5, 0.6) is 0 Å². The summed E-state index contributed by atoms with van der Waals surface area (Å²) in [5, 5.41) is 10.4. The van der Waals surface area contributed by atoms with E-state index in [0.717, 1.165) is 35.9 Å². The number of aryl methyl sites for hydroxylation is 1. The maximum absolute atomic E-state index is 11.5. The van der Waals surface area contributed by atoms with Crippen molar-refractivity contribution in [3.63, 3.8) is 0 Å². The lowest BCUT2D eigenvalue weighted by Crippen LogP contribution is -2.42. The molecule has 2 heterocycles. The summed E-state index contributed by atoms with van der Waals surface area (Å²) in [6.07, 6.45) is 6.11. The molecule has 1 aliphatic carbocycles. The van der Waals surface area contributed by atoms with E-state index in [4.69, 9.17) is 0 Å². The fourth-order valence-corrected chi connectivity index (χ4v) is 2.72. The average Bonchev–Trinajstić information content (AvgIpc) is 2.56. The lowest BCUT2D eigenvalue weighted by atomic mass is 9.64. The zero-order valence-electron chi connectivity index (χ0n) is 9.68. The first-order valence-corrected chi connectivity index (χ1v) is 5.79. The van der Waals surface area contributed by atoms with Gasteiger partial charge in [-0.1, -0.05) is 6.42 Å². The molecule has 1 fully saturated rings. The van der Waals surface area contributed by atoms with Crippen LogP contribution >= 0.6 is 0 Å². The predicted molar refractivity (Wildman–Crippen MR) is 63.9 cm³/mol. The minimum absolute atomic E-state index is 0.678. The number of carbonyl (C=O) groups is 1. The zero-order chi connectivity index (χ0) is 12.0. The molecule has 0 bridgehead atoms. The zero-order valence-corrected chi connectivity index (χ0v) is 9.68. The maximum Gasteiger partial charge on any atom is 0.314 e. The number of hydrogen-bond donors (Lipinski definition) is 1. The van der Waals surface area contributed by atoms with Crippen LogP contribution in [0.15, 0.2) is 24.5 Å². The number of aromatic nitrogens is 2. The largest absolute Gasteiger partial charge is 0.481 e. The third-order valence-electron chi connectivity index (χ3n) is 3.87. The van der Waals surface area contributed by atoms with Crippen molar-refractivity contribution in [3.8, 4) is 0 Å². The SMILES string of the molecule is Cn1cc(C2(C(=O)O)CCC2)c2cccnc21. The van der Waals surface area contributed by atoms with Gasteiger partial charge < -0.3 is 9.67 Å². The van der Waals surface area contributed by atoms with Gasteiger partial charge in [-0.25, -0.2) is 4.98 Å². The summed E-state index contributed by atoms with van der Waals surface area (Å²) in [5.41, 5.74) is 1.10. The van der Waals surface area contributed by atoms with Crippen LogP contribution in [0.4, 0.5) is 0 Å². The lowest BCUT2D eigenvalue weighted by Gasteiger charge is -2.37. The fourth-order valence-electron chi connectivity index (χ4n) is 2.72. The van der Waals surface area contributed by atoms with Crippen molar-refractivity contribution in [1.29, 1.82) is 0 Å². The third kappa shape index (κ3) is 1.24. The van der Waals surface area contributed by atoms with E-state index in [1.807, 2.05) is 29.9 Å². The molecule has 0 atom stereocenters. The van der Waals surface area contributed by atoms with E-state index in [0.29, 0.717) is 0 Å². The Morgan fingerprint density at radius 2 is 2.29 bits per heavy atom. The van der Waals surface area contributed by atoms with Crippen LogP contribution in [-0.4, -0.2) is 20.6 Å². The number of carboxylic acids is 1. The summed E-state index contributed by atoms with van der Waals surface area (Å²) in [6, 6.07) is 3.82. The van der Waals surface area contributed by atoms with E-state index in [9.17, 15) is 9.90 Å². The molecule has 1 aliphatic rings. The van der Waals surface area contributed by atoms with Crippen molar-refractivity contribution in [1.82, 2.24) is 9.55 Å². The summed E-state index contributed by atoms with van der Waals surface area (Å²) in [5.74, 6) is -0.708. The molecule has 0 amide bonds. The van der Waals surface area contributed by atoms with Crippen molar-refractivity contribution in [2.24, 2.45) is 7.05 Å². The van der Waals surface area contributed by atoms with Crippen molar-refractivity contribution in [2.75, 3.05) is 0 Å². The summed E-state index contributed by atoms with van der Waals surface area (Å²) in [7, 11) is 1.91. The molecule has 0 unspecified atom stereocenters. The van der Waals surface area contributed by atoms with Crippen molar-refractivity contribution in [3.05, 3.63) is 30.1 Å². The van der Waals surface area contributed by atoms with E-state index in [2.05, 4.69) is 4.98 Å². The second kappa shape index (κ2) is 3.32. The number of rotatable bonds is 2. The van der Waals surface area contributed by atoms with E-state index in [-0.39, 0.29) is 0 Å². The molecule has 88 valence electrons. The molecule has 0 spiro atoms. The highest BCUT2D eigenvalue weighted by Gasteiger charge is 2.47. The molecular formula is C13H14N2O2. The van der Waals surface area contributed by atoms with E-state index >= 15 is 0 Å². The van der Waals surface area contributed by atoms with Gasteiger partial charge in [-0.05, 0) is 30.5 Å². The van der Waals surface area contributed by atoms with Crippen molar-refractivity contribution in [2.45, 2.75) is 24.7 Å². The number of carboxylic acid groups (broad SMARTS) is 1. The standard InChI is InChI=1S/C13H14N2O2/c1-15-8-10(9-4-2-7-14-11(9)15)13(12(16)17)5-3-6-13/h2,4,7-8H,3,5-6H2,1H3,(H,16,17). The number of fused-ring (bicyclic) bond motifs is 1. The first-order valence-electron chi connectivity index (χ1n) is 5.79. The first kappa shape index (κ1) is 10.3. The van der Waals surface area contributed by atoms with Crippen LogP contribution in [-0.2, 0) is 17.3 Å². The lowest BCUT2D eigenvalue weighted by molar-refractivity contribution is -0.147. The van der Waals surface area contributed by atoms with Gasteiger partial charge >= 0.3 is 5.97 Å². The quantitative estimate of drug-likeness (QED) is 0.859. The number of pyridine rings is 1. The minimum atomic E-state index is -0.708. The van der Waals surface area contributed by atoms with Gasteiger partial charge in [0.15, 0.2) is 0 Å².